The molecule has 0 aliphatic rings. The minimum atomic E-state index is -1.85. The molecule has 126 valence electrons. The quantitative estimate of drug-likeness (QED) is 0.292. The van der Waals surface area contributed by atoms with E-state index < -0.39 is 56.8 Å². The molecule has 3 aromatic rings. The van der Waals surface area contributed by atoms with E-state index in [9.17, 15) is 34.2 Å². The molecule has 0 saturated carbocycles. The second-order valence-electron chi connectivity index (χ2n) is 5.07. The van der Waals surface area contributed by atoms with Crippen molar-refractivity contribution in [1.82, 2.24) is 9.97 Å². The molecule has 2 aromatic heterocycles. The van der Waals surface area contributed by atoms with Crippen LogP contribution in [0.5, 0.6) is 0 Å². The minimum absolute atomic E-state index is 0. The van der Waals surface area contributed by atoms with Crippen molar-refractivity contribution in [3.63, 3.8) is 0 Å². The fourth-order valence-electron chi connectivity index (χ4n) is 2.52. The van der Waals surface area contributed by atoms with E-state index in [0.29, 0.717) is 6.07 Å². The number of carbonyl (C=O) groups excluding carboxylic acids is 2. The van der Waals surface area contributed by atoms with Gasteiger partial charge in [-0.3, -0.25) is 9.59 Å². The van der Waals surface area contributed by atoms with E-state index in [1.54, 1.807) is 0 Å². The number of fused-ring (bicyclic) bond motifs is 2. The molecule has 3 N–H and O–H groups in total. The summed E-state index contributed by atoms with van der Waals surface area (Å²) in [5, 5.41) is 31.0. The van der Waals surface area contributed by atoms with Gasteiger partial charge in [-0.15, -0.1) is 0 Å². The van der Waals surface area contributed by atoms with Gasteiger partial charge >= 0.3 is 65.1 Å². The van der Waals surface area contributed by atoms with E-state index in [0.717, 1.165) is 12.1 Å². The number of carbonyl (C=O) groups is 3. The summed E-state index contributed by atoms with van der Waals surface area (Å²) in [6.07, 6.45) is 0. The molecule has 0 atom stereocenters. The van der Waals surface area contributed by atoms with Crippen LogP contribution >= 0.6 is 0 Å². The number of aromatic amines is 2. The third-order valence-corrected chi connectivity index (χ3v) is 3.58. The fraction of sp³-hybridized carbons (Fsp3) is 0. The van der Waals surface area contributed by atoms with Crippen LogP contribution < -0.4 is 80.2 Å². The third-order valence-electron chi connectivity index (χ3n) is 3.58. The van der Waals surface area contributed by atoms with Crippen LogP contribution in [-0.4, -0.2) is 33.0 Å². The van der Waals surface area contributed by atoms with Crippen LogP contribution in [0.15, 0.2) is 27.8 Å². The van der Waals surface area contributed by atoms with Crippen LogP contribution in [0.3, 0.4) is 0 Å². The molecule has 2 heterocycles. The van der Waals surface area contributed by atoms with Gasteiger partial charge < -0.3 is 34.9 Å². The summed E-state index contributed by atoms with van der Waals surface area (Å²) >= 11 is 0. The Morgan fingerprint density at radius 3 is 1.63 bits per heavy atom. The normalized spacial score (nSPS) is 10.1. The molecule has 12 heteroatoms. The van der Waals surface area contributed by atoms with Gasteiger partial charge in [0.2, 0.25) is 0 Å². The van der Waals surface area contributed by atoms with Gasteiger partial charge in [0.05, 0.1) is 28.7 Å². The SMILES string of the molecule is O=C([O-])c1cc(=O)c2cc3c(=O)cc(C(=O)O)[nH]c3c(C(=O)[O-])c2[nH]1.[Na+].[Na+]. The zero-order chi connectivity index (χ0) is 18.5. The molecule has 0 bridgehead atoms. The number of pyridine rings is 2. The Bertz CT molecular complexity index is 1140. The van der Waals surface area contributed by atoms with Crippen LogP contribution in [0.2, 0.25) is 0 Å². The monoisotopic (exact) mass is 388 g/mol. The van der Waals surface area contributed by atoms with E-state index in [2.05, 4.69) is 9.97 Å². The first kappa shape index (κ1) is 23.1. The molecule has 0 saturated heterocycles. The predicted octanol–water partition coefficient (Wildman–Crippen LogP) is -8.20. The Morgan fingerprint density at radius 2 is 1.22 bits per heavy atom. The summed E-state index contributed by atoms with van der Waals surface area (Å²) in [5.74, 6) is -5.11. The molecule has 27 heavy (non-hydrogen) atoms. The molecule has 3 rings (SSSR count). The zero-order valence-corrected chi connectivity index (χ0v) is 18.0. The van der Waals surface area contributed by atoms with E-state index >= 15 is 0 Å². The smallest absolute Gasteiger partial charge is 0.545 e. The summed E-state index contributed by atoms with van der Waals surface area (Å²) in [4.78, 5) is 62.2. The first-order valence-corrected chi connectivity index (χ1v) is 6.63. The molecule has 0 aliphatic heterocycles. The van der Waals surface area contributed by atoms with Crippen molar-refractivity contribution in [3.05, 3.63) is 55.6 Å². The Kier molecular flexibility index (Phi) is 7.17. The van der Waals surface area contributed by atoms with Gasteiger partial charge in [-0.25, -0.2) is 4.79 Å². The number of hydrogen-bond acceptors (Lipinski definition) is 7. The molecule has 0 aliphatic carbocycles. The van der Waals surface area contributed by atoms with E-state index in [1.807, 2.05) is 0 Å². The maximum absolute atomic E-state index is 12.1. The molecule has 0 radical (unpaired) electrons. The minimum Gasteiger partial charge on any atom is -0.545 e. The molecule has 1 aromatic carbocycles. The number of benzene rings is 1. The number of carboxylic acid groups (broad SMARTS) is 3. The topological polar surface area (TPSA) is 183 Å². The van der Waals surface area contributed by atoms with Crippen molar-refractivity contribution in [3.8, 4) is 0 Å². The first-order valence-electron chi connectivity index (χ1n) is 6.63. The summed E-state index contributed by atoms with van der Waals surface area (Å²) in [6.45, 7) is 0. The van der Waals surface area contributed by atoms with Crippen molar-refractivity contribution in [2.45, 2.75) is 0 Å². The largest absolute Gasteiger partial charge is 1.00 e. The molecule has 0 amide bonds. The number of nitrogens with one attached hydrogen (secondary N) is 2. The molecular weight excluding hydrogens is 382 g/mol. The fourth-order valence-corrected chi connectivity index (χ4v) is 2.52. The number of aromatic carboxylic acids is 3. The standard InChI is InChI=1S/C15H8N2O8.2Na/c18-8-2-6(13(20)21)16-11-4(8)1-5-9(19)3-7(14(22)23)17-12(5)10(11)15(24)25;;/h1-3H,(H,16,18)(H,17,19)(H,20,21)(H,22,23)(H,24,25);;/q;2*+1/p-2. The van der Waals surface area contributed by atoms with Crippen molar-refractivity contribution in [2.24, 2.45) is 0 Å². The molecule has 10 nitrogen and oxygen atoms in total. The molecular formula is C15H6N2Na2O8. The number of hydrogen-bond donors (Lipinski definition) is 3. The van der Waals surface area contributed by atoms with Crippen LogP contribution in [0, 0.1) is 0 Å². The summed E-state index contributed by atoms with van der Waals surface area (Å²) in [7, 11) is 0. The van der Waals surface area contributed by atoms with E-state index in [1.165, 1.54) is 0 Å². The van der Waals surface area contributed by atoms with Gasteiger partial charge in [-0.1, -0.05) is 0 Å². The van der Waals surface area contributed by atoms with Crippen molar-refractivity contribution in [1.29, 1.82) is 0 Å². The number of rotatable bonds is 3. The Labute approximate surface area is 192 Å². The van der Waals surface area contributed by atoms with Crippen molar-refractivity contribution < 1.29 is 88.8 Å². The first-order chi connectivity index (χ1) is 11.7. The summed E-state index contributed by atoms with van der Waals surface area (Å²) < 4.78 is 0. The van der Waals surface area contributed by atoms with Crippen LogP contribution in [-0.2, 0) is 0 Å². The van der Waals surface area contributed by atoms with Crippen LogP contribution in [0.1, 0.15) is 31.3 Å². The maximum atomic E-state index is 12.1. The Balaban J connectivity index is 0.00000182. The second kappa shape index (κ2) is 8.38. The van der Waals surface area contributed by atoms with Crippen molar-refractivity contribution >= 4 is 39.7 Å². The number of H-pyrrole nitrogens is 2. The van der Waals surface area contributed by atoms with Gasteiger partial charge in [-0.05, 0) is 6.07 Å². The van der Waals surface area contributed by atoms with Crippen LogP contribution in [0.4, 0.5) is 0 Å². The molecule has 0 unspecified atom stereocenters. The Morgan fingerprint density at radius 1 is 0.778 bits per heavy atom. The second-order valence-corrected chi connectivity index (χ2v) is 5.07. The average Bonchev–Trinajstić information content (AvgIpc) is 2.52. The van der Waals surface area contributed by atoms with Crippen molar-refractivity contribution in [2.75, 3.05) is 0 Å². The molecule has 0 fully saturated rings. The van der Waals surface area contributed by atoms with E-state index in [4.69, 9.17) is 5.11 Å². The van der Waals surface area contributed by atoms with Gasteiger partial charge in [-0.2, -0.15) is 0 Å². The maximum Gasteiger partial charge on any atom is 1.00 e. The van der Waals surface area contributed by atoms with Gasteiger partial charge in [0, 0.05) is 28.5 Å². The van der Waals surface area contributed by atoms with Crippen LogP contribution in [0.25, 0.3) is 21.8 Å². The van der Waals surface area contributed by atoms with Gasteiger partial charge in [0.25, 0.3) is 0 Å². The van der Waals surface area contributed by atoms with Gasteiger partial charge in [0.15, 0.2) is 10.9 Å². The van der Waals surface area contributed by atoms with Gasteiger partial charge in [0.1, 0.15) is 5.69 Å². The Hall–Kier alpha value is -1.95. The number of carboxylic acids is 3. The number of aromatic nitrogens is 2. The zero-order valence-electron chi connectivity index (χ0n) is 14.0. The van der Waals surface area contributed by atoms with E-state index in [-0.39, 0.29) is 69.9 Å². The predicted molar refractivity (Wildman–Crippen MR) is 78.3 cm³/mol. The average molecular weight is 388 g/mol. The third kappa shape index (κ3) is 4.00. The summed E-state index contributed by atoms with van der Waals surface area (Å²) in [5.41, 5.74) is -4.55. The summed E-state index contributed by atoms with van der Waals surface area (Å²) in [6, 6.07) is 2.46. The molecule has 0 spiro atoms.